The van der Waals surface area contributed by atoms with Gasteiger partial charge in [0.25, 0.3) is 0 Å². The Morgan fingerprint density at radius 1 is 1.12 bits per heavy atom. The summed E-state index contributed by atoms with van der Waals surface area (Å²) in [6, 6.07) is 13.2. The predicted molar refractivity (Wildman–Crippen MR) is 126 cm³/mol. The molecule has 3 unspecified atom stereocenters. The van der Waals surface area contributed by atoms with E-state index in [1.165, 1.54) is 12.1 Å². The number of hydrogen-bond donors (Lipinski definition) is 1. The number of hydrogen-bond acceptors (Lipinski definition) is 4. The van der Waals surface area contributed by atoms with Gasteiger partial charge < -0.3 is 15.0 Å². The van der Waals surface area contributed by atoms with E-state index in [1.54, 1.807) is 36.3 Å². The van der Waals surface area contributed by atoms with E-state index in [1.807, 2.05) is 12.1 Å². The van der Waals surface area contributed by atoms with Crippen LogP contribution in [0.5, 0.6) is 5.75 Å². The fourth-order valence-corrected chi connectivity index (χ4v) is 5.15. The molecule has 2 aliphatic rings. The van der Waals surface area contributed by atoms with Gasteiger partial charge in [0.2, 0.25) is 11.8 Å². The molecule has 7 heteroatoms. The number of benzene rings is 2. The molecule has 0 radical (unpaired) electrons. The van der Waals surface area contributed by atoms with E-state index in [0.29, 0.717) is 30.4 Å². The van der Waals surface area contributed by atoms with Crippen molar-refractivity contribution in [3.05, 3.63) is 59.9 Å². The number of ether oxygens (including phenoxy) is 1. The number of anilines is 1. The number of amides is 2. The van der Waals surface area contributed by atoms with Crippen molar-refractivity contribution in [1.29, 1.82) is 0 Å². The Balaban J connectivity index is 1.62. The first kappa shape index (κ1) is 23.2. The van der Waals surface area contributed by atoms with E-state index in [-0.39, 0.29) is 24.1 Å². The highest BCUT2D eigenvalue weighted by molar-refractivity contribution is 5.97. The third-order valence-corrected chi connectivity index (χ3v) is 6.91. The summed E-state index contributed by atoms with van der Waals surface area (Å²) in [7, 11) is 1.59. The molecule has 6 nitrogen and oxygen atoms in total. The third-order valence-electron chi connectivity index (χ3n) is 6.91. The molecule has 2 aromatic carbocycles. The molecule has 2 aromatic rings. The third kappa shape index (κ3) is 5.03. The Hall–Kier alpha value is -2.93. The Kier molecular flexibility index (Phi) is 7.28. The highest BCUT2D eigenvalue weighted by atomic mass is 19.1. The van der Waals surface area contributed by atoms with Gasteiger partial charge in [0, 0.05) is 24.7 Å². The highest BCUT2D eigenvalue weighted by Crippen LogP contribution is 2.40. The Morgan fingerprint density at radius 3 is 2.52 bits per heavy atom. The van der Waals surface area contributed by atoms with Crippen LogP contribution in [0.15, 0.2) is 48.5 Å². The van der Waals surface area contributed by atoms with E-state index in [9.17, 15) is 14.0 Å². The lowest BCUT2D eigenvalue weighted by Gasteiger charge is -2.41. The molecule has 0 aliphatic carbocycles. The summed E-state index contributed by atoms with van der Waals surface area (Å²) in [5.41, 5.74) is 1.44. The number of nitrogens with one attached hydrogen (secondary N) is 1. The highest BCUT2D eigenvalue weighted by Gasteiger charge is 2.41. The SMILES string of the molecule is CCN1CCCC1CNC(=O)C1CCC(=O)N(c2ccc(OC)cc2)C1c1ccc(F)cc1. The number of carbonyl (C=O) groups excluding carboxylic acids is 2. The Bertz CT molecular complexity index is 964. The predicted octanol–water partition coefficient (Wildman–Crippen LogP) is 3.92. The lowest BCUT2D eigenvalue weighted by molar-refractivity contribution is -0.129. The zero-order valence-electron chi connectivity index (χ0n) is 19.3. The van der Waals surface area contributed by atoms with E-state index in [0.717, 1.165) is 31.5 Å². The average molecular weight is 454 g/mol. The van der Waals surface area contributed by atoms with E-state index >= 15 is 0 Å². The summed E-state index contributed by atoms with van der Waals surface area (Å²) in [5.74, 6) is -0.192. The van der Waals surface area contributed by atoms with Gasteiger partial charge in [0.1, 0.15) is 11.6 Å². The summed E-state index contributed by atoms with van der Waals surface area (Å²) >= 11 is 0. The fourth-order valence-electron chi connectivity index (χ4n) is 5.15. The van der Waals surface area contributed by atoms with Crippen LogP contribution in [-0.4, -0.2) is 49.5 Å². The van der Waals surface area contributed by atoms with Crippen LogP contribution in [0, 0.1) is 11.7 Å². The second-order valence-corrected chi connectivity index (χ2v) is 8.77. The molecule has 3 atom stereocenters. The van der Waals surface area contributed by atoms with Crippen molar-refractivity contribution >= 4 is 17.5 Å². The monoisotopic (exact) mass is 453 g/mol. The summed E-state index contributed by atoms with van der Waals surface area (Å²) in [5, 5.41) is 3.16. The summed E-state index contributed by atoms with van der Waals surface area (Å²) in [6.45, 7) is 4.79. The van der Waals surface area contributed by atoms with Crippen LogP contribution in [0.2, 0.25) is 0 Å². The van der Waals surface area contributed by atoms with Gasteiger partial charge in [0.05, 0.1) is 19.1 Å². The maximum absolute atomic E-state index is 13.7. The van der Waals surface area contributed by atoms with Gasteiger partial charge in [-0.15, -0.1) is 0 Å². The molecule has 4 rings (SSSR count). The first-order chi connectivity index (χ1) is 16.0. The van der Waals surface area contributed by atoms with Crippen LogP contribution >= 0.6 is 0 Å². The fraction of sp³-hybridized carbons (Fsp3) is 0.462. The lowest BCUT2D eigenvalue weighted by atomic mass is 9.83. The number of nitrogens with zero attached hydrogens (tertiary/aromatic N) is 2. The molecule has 2 heterocycles. The van der Waals surface area contributed by atoms with E-state index in [4.69, 9.17) is 4.74 Å². The van der Waals surface area contributed by atoms with E-state index < -0.39 is 12.0 Å². The molecule has 2 amide bonds. The second kappa shape index (κ2) is 10.3. The summed E-state index contributed by atoms with van der Waals surface area (Å²) in [6.07, 6.45) is 2.97. The number of rotatable bonds is 7. The molecule has 2 fully saturated rings. The van der Waals surface area contributed by atoms with Crippen molar-refractivity contribution < 1.29 is 18.7 Å². The lowest BCUT2D eigenvalue weighted by Crippen LogP contribution is -2.50. The van der Waals surface area contributed by atoms with Crippen LogP contribution in [-0.2, 0) is 9.59 Å². The van der Waals surface area contributed by atoms with Gasteiger partial charge in [0.15, 0.2) is 0 Å². The zero-order valence-corrected chi connectivity index (χ0v) is 19.3. The van der Waals surface area contributed by atoms with Gasteiger partial charge in [-0.2, -0.15) is 0 Å². The molecule has 2 saturated heterocycles. The number of piperidine rings is 1. The van der Waals surface area contributed by atoms with Crippen molar-refractivity contribution in [2.75, 3.05) is 31.6 Å². The topological polar surface area (TPSA) is 61.9 Å². The standard InChI is InChI=1S/C26H32FN3O3/c1-3-29-16-4-5-21(29)17-28-26(32)23-14-15-24(31)30(20-10-12-22(33-2)13-11-20)25(23)18-6-8-19(27)9-7-18/h6-13,21,23,25H,3-5,14-17H2,1-2H3,(H,28,32). The summed E-state index contributed by atoms with van der Waals surface area (Å²) in [4.78, 5) is 30.6. The van der Waals surface area contributed by atoms with Crippen molar-refractivity contribution in [1.82, 2.24) is 10.2 Å². The van der Waals surface area contributed by atoms with E-state index in [2.05, 4.69) is 17.1 Å². The molecule has 33 heavy (non-hydrogen) atoms. The van der Waals surface area contributed by atoms with Crippen molar-refractivity contribution in [3.8, 4) is 5.75 Å². The zero-order chi connectivity index (χ0) is 23.4. The molecular weight excluding hydrogens is 421 g/mol. The number of likely N-dealkylation sites (N-methyl/N-ethyl adjacent to an activating group) is 1. The quantitative estimate of drug-likeness (QED) is 0.690. The normalized spacial score (nSPS) is 23.5. The van der Waals surface area contributed by atoms with Crippen molar-refractivity contribution in [2.45, 2.75) is 44.7 Å². The second-order valence-electron chi connectivity index (χ2n) is 8.77. The maximum atomic E-state index is 13.7. The minimum atomic E-state index is -0.508. The summed E-state index contributed by atoms with van der Waals surface area (Å²) < 4.78 is 18.9. The Morgan fingerprint density at radius 2 is 1.85 bits per heavy atom. The van der Waals surface area contributed by atoms with Crippen LogP contribution < -0.4 is 15.0 Å². The minimum Gasteiger partial charge on any atom is -0.497 e. The largest absolute Gasteiger partial charge is 0.497 e. The van der Waals surface area contributed by atoms with Gasteiger partial charge in [-0.25, -0.2) is 4.39 Å². The first-order valence-corrected chi connectivity index (χ1v) is 11.7. The smallest absolute Gasteiger partial charge is 0.227 e. The molecule has 0 spiro atoms. The van der Waals surface area contributed by atoms with Crippen LogP contribution in [0.3, 0.4) is 0 Å². The van der Waals surface area contributed by atoms with Crippen LogP contribution in [0.25, 0.3) is 0 Å². The molecule has 2 aliphatic heterocycles. The van der Waals surface area contributed by atoms with Crippen molar-refractivity contribution in [3.63, 3.8) is 0 Å². The number of carbonyl (C=O) groups is 2. The number of likely N-dealkylation sites (tertiary alicyclic amines) is 1. The molecule has 0 bridgehead atoms. The average Bonchev–Trinajstić information content (AvgIpc) is 3.30. The molecular formula is C26H32FN3O3. The van der Waals surface area contributed by atoms with Crippen molar-refractivity contribution in [2.24, 2.45) is 5.92 Å². The van der Waals surface area contributed by atoms with Gasteiger partial charge in [-0.1, -0.05) is 19.1 Å². The minimum absolute atomic E-state index is 0.0495. The van der Waals surface area contributed by atoms with Crippen LogP contribution in [0.1, 0.15) is 44.2 Å². The van der Waals surface area contributed by atoms with Gasteiger partial charge in [-0.05, 0) is 74.3 Å². The maximum Gasteiger partial charge on any atom is 0.227 e. The molecule has 1 N–H and O–H groups in total. The molecule has 0 saturated carbocycles. The van der Waals surface area contributed by atoms with Gasteiger partial charge >= 0.3 is 0 Å². The number of methoxy groups -OCH3 is 1. The molecule has 0 aromatic heterocycles. The first-order valence-electron chi connectivity index (χ1n) is 11.7. The number of halogens is 1. The molecule has 176 valence electrons. The van der Waals surface area contributed by atoms with Crippen LogP contribution in [0.4, 0.5) is 10.1 Å². The van der Waals surface area contributed by atoms with Gasteiger partial charge in [-0.3, -0.25) is 14.5 Å². The Labute approximate surface area is 194 Å².